The Bertz CT molecular complexity index is 4930. The SMILES string of the molecule is CC(=O)O[C@H]1C[C@@]2(C)[C@@H](C[C@@H](N)[C@H]3[C@@]4(C)CC[C@@H](O)[C@@H](C)[C@@H]4CC[C@@]32C)/C1=C(\CC=C(C)C)C(C)=O.CC(=O)O[C@H]1C[C@@]2(C)[C@@H](C[C@H](N)[C@H]3[C@@]4(C)CC[C@@H](O)[C@@H](C)[C@@H]4CC[C@@]32C)/C1=C(\CC=C(C)C)C(C)=O.CC(=O)O[C@H]1C[C@@]2(C)[C@H](/C1=C(\CC=C(C)C)C(C)=O)[C@@H](N)[C@@H](O)[C@H]1[C@@]3(C)CC[C@@H](O)[C@@H](C)[C@@H]3CC[C@@]12C.CC(=O)O[C@H]1C[C@@]2(C)[C@H](/C1=C(\CC=C(C)C)C(C)=O)[C@H](N)[C@@H](O)[C@H]1[C@@]3(C)CC[C@@H](O)[C@@H](C)[C@@H]3CC[C@@]12C. The molecule has 0 spiro atoms. The standard InChI is InChI=1S/2C31H49NO5.2C31H49NO4/c2*1-16(2)9-10-20(18(4)33)24-23(37-19(5)34)15-31(8)25(24)26(32)27(36)28-29(6)13-12-22(35)17(3)21(29)11-14-30(28,31)7;2*1-17(2)9-10-21(19(4)33)27-23-15-24(32)28-29(6)13-12-25(35)18(3)22(29)11-14-30(28,7)31(23,8)16-26(27)36-20(5)34/h2*9,17,21-23,25-28,35-36H,10-15,32H2,1-8H3;2*9,18,22-26,28,35H,10-16,32H2,1-8H3/b2*24-20+;2*27-21-/t17-,21-,22+,23-,25+,26+,27+,28-,29-,30-,31-;17-,21-,22+,23-,25+,26-,27+,28-,29-,30-,31-;18-,22-,23-,24+,25+,26-,28-,29-,30-,31-;18-,22-,23-,24-,25+,26-,28-,29-,30-,31-/m0000/s1. The summed E-state index contributed by atoms with van der Waals surface area (Å²) < 4.78 is 23.9. The first kappa shape index (κ1) is 117. The van der Waals surface area contributed by atoms with Crippen LogP contribution in [0.5, 0.6) is 0 Å². The number of ether oxygens (including phenoxy) is 4. The summed E-state index contributed by atoms with van der Waals surface area (Å²) in [5.74, 6) is 1.56. The lowest BCUT2D eigenvalue weighted by Gasteiger charge is -2.70. The highest BCUT2D eigenvalue weighted by Gasteiger charge is 2.78. The Morgan fingerprint density at radius 2 is 0.493 bits per heavy atom. The second-order valence-electron chi connectivity index (χ2n) is 54.8. The smallest absolute Gasteiger partial charge is 0.303 e. The molecule has 0 aromatic carbocycles. The van der Waals surface area contributed by atoms with Crippen LogP contribution >= 0.6 is 0 Å². The molecular weight excluding hydrogens is 1830 g/mol. The van der Waals surface area contributed by atoms with E-state index >= 15 is 0 Å². The maximum Gasteiger partial charge on any atom is 0.303 e. The fourth-order valence-electron chi connectivity index (χ4n) is 39.1. The van der Waals surface area contributed by atoms with Crippen LogP contribution in [0.25, 0.3) is 0 Å². The van der Waals surface area contributed by atoms with E-state index in [2.05, 4.69) is 123 Å². The maximum atomic E-state index is 13.1. The number of Topliss-reactive ketones (excluding diaryl/α,β-unsaturated/α-hetero) is 4. The van der Waals surface area contributed by atoms with Crippen LogP contribution in [0.1, 0.15) is 389 Å². The van der Waals surface area contributed by atoms with Crippen LogP contribution in [0.15, 0.2) is 91.2 Å². The lowest BCUT2D eigenvalue weighted by atomic mass is 9.36. The van der Waals surface area contributed by atoms with E-state index < -0.39 is 36.5 Å². The van der Waals surface area contributed by atoms with Crippen molar-refractivity contribution in [1.29, 1.82) is 0 Å². The largest absolute Gasteiger partial charge is 0.458 e. The summed E-state index contributed by atoms with van der Waals surface area (Å²) in [6, 6.07) is -1.13. The van der Waals surface area contributed by atoms with Gasteiger partial charge in [-0.3, -0.25) is 38.4 Å². The number of hydrogen-bond acceptors (Lipinski definition) is 22. The van der Waals surface area contributed by atoms with Gasteiger partial charge in [-0.15, -0.1) is 0 Å². The number of aliphatic hydroxyl groups is 6. The monoisotopic (exact) mass is 2030 g/mol. The van der Waals surface area contributed by atoms with Crippen molar-refractivity contribution in [2.45, 2.75) is 474 Å². The molecule has 16 fully saturated rings. The molecule has 0 aromatic rings. The van der Waals surface area contributed by atoms with Crippen molar-refractivity contribution in [2.75, 3.05) is 0 Å². The second kappa shape index (κ2) is 42.4. The zero-order valence-electron chi connectivity index (χ0n) is 95.9. The Hall–Kier alpha value is -5.92. The Morgan fingerprint density at radius 1 is 0.288 bits per heavy atom. The van der Waals surface area contributed by atoms with Crippen molar-refractivity contribution in [2.24, 2.45) is 183 Å². The quantitative estimate of drug-likeness (QED) is 0.0297. The predicted molar refractivity (Wildman–Crippen MR) is 575 cm³/mol. The van der Waals surface area contributed by atoms with E-state index in [4.69, 9.17) is 41.9 Å². The van der Waals surface area contributed by atoms with Gasteiger partial charge in [-0.25, -0.2) is 0 Å². The molecule has 0 amide bonds. The molecule has 16 rings (SSSR count). The normalized spacial score (nSPS) is 47.8. The van der Waals surface area contributed by atoms with Gasteiger partial charge in [0.05, 0.1) is 36.6 Å². The topological polar surface area (TPSA) is 399 Å². The van der Waals surface area contributed by atoms with Crippen molar-refractivity contribution in [3.05, 3.63) is 91.2 Å². The molecule has 16 saturated carbocycles. The molecule has 0 aromatic heterocycles. The molecule has 0 unspecified atom stereocenters. The first-order chi connectivity index (χ1) is 67.5. The average molecular weight is 2030 g/mol. The zero-order valence-corrected chi connectivity index (χ0v) is 95.9. The Labute approximate surface area is 877 Å². The van der Waals surface area contributed by atoms with Gasteiger partial charge in [-0.2, -0.15) is 0 Å². The number of carbonyl (C=O) groups excluding carboxylic acids is 8. The lowest BCUT2D eigenvalue weighted by molar-refractivity contribution is -0.239. The van der Waals surface area contributed by atoms with Crippen molar-refractivity contribution >= 4 is 47.0 Å². The number of rotatable bonds is 16. The highest BCUT2D eigenvalue weighted by atomic mass is 16.6. The minimum Gasteiger partial charge on any atom is -0.458 e. The van der Waals surface area contributed by atoms with E-state index in [1.165, 1.54) is 38.8 Å². The van der Waals surface area contributed by atoms with Gasteiger partial charge in [0.15, 0.2) is 23.1 Å². The lowest BCUT2D eigenvalue weighted by Crippen LogP contribution is -2.71. The van der Waals surface area contributed by atoms with Crippen LogP contribution in [-0.4, -0.2) is 163 Å². The predicted octanol–water partition coefficient (Wildman–Crippen LogP) is 20.9. The minimum atomic E-state index is -0.749. The molecule has 22 heteroatoms. The molecular formula is C124H196N4O18. The number of nitrogens with two attached hydrogens (primary N) is 4. The average Bonchev–Trinajstić information content (AvgIpc) is 1.50. The fraction of sp³-hybridized carbons (Fsp3) is 0.806. The third kappa shape index (κ3) is 19.4. The number of hydrogen-bond donors (Lipinski definition) is 10. The number of fused-ring (bicyclic) bond motifs is 20. The second-order valence-corrected chi connectivity index (χ2v) is 54.8. The van der Waals surface area contributed by atoms with Gasteiger partial charge in [0, 0.05) is 86.0 Å². The number of ketones is 4. The first-order valence-electron chi connectivity index (χ1n) is 56.8. The van der Waals surface area contributed by atoms with Crippen molar-refractivity contribution in [3.63, 3.8) is 0 Å². The van der Waals surface area contributed by atoms with Gasteiger partial charge < -0.3 is 72.5 Å². The van der Waals surface area contributed by atoms with Gasteiger partial charge in [-0.05, 0) is 420 Å². The van der Waals surface area contributed by atoms with Crippen LogP contribution < -0.4 is 22.9 Å². The van der Waals surface area contributed by atoms with E-state index in [0.29, 0.717) is 85.2 Å². The van der Waals surface area contributed by atoms with E-state index in [0.717, 1.165) is 173 Å². The fourth-order valence-corrected chi connectivity index (χ4v) is 39.1. The molecule has 0 saturated heterocycles. The minimum absolute atomic E-state index is 0.00561. The summed E-state index contributed by atoms with van der Waals surface area (Å²) in [7, 11) is 0. The summed E-state index contributed by atoms with van der Waals surface area (Å²) in [4.78, 5) is 101. The van der Waals surface area contributed by atoms with Crippen molar-refractivity contribution < 1.29 is 87.9 Å². The van der Waals surface area contributed by atoms with Gasteiger partial charge in [0.1, 0.15) is 24.4 Å². The van der Waals surface area contributed by atoms with Crippen molar-refractivity contribution in [3.8, 4) is 0 Å². The highest BCUT2D eigenvalue weighted by molar-refractivity contribution is 5.97. The van der Waals surface area contributed by atoms with Crippen LogP contribution in [0.4, 0.5) is 0 Å². The number of aliphatic hydroxyl groups excluding tert-OH is 6. The third-order valence-electron chi connectivity index (χ3n) is 46.4. The van der Waals surface area contributed by atoms with Gasteiger partial charge in [0.2, 0.25) is 0 Å². The molecule has 16 aliphatic carbocycles. The molecule has 22 nitrogen and oxygen atoms in total. The molecule has 146 heavy (non-hydrogen) atoms. The van der Waals surface area contributed by atoms with Crippen LogP contribution in [0.3, 0.4) is 0 Å². The molecule has 820 valence electrons. The summed E-state index contributed by atoms with van der Waals surface area (Å²) in [5, 5.41) is 66.9. The molecule has 0 aliphatic heterocycles. The highest BCUT2D eigenvalue weighted by Crippen LogP contribution is 2.80. The van der Waals surface area contributed by atoms with E-state index in [1.807, 2.05) is 67.5 Å². The Balaban J connectivity index is 0.000000163. The third-order valence-corrected chi connectivity index (χ3v) is 46.4. The number of esters is 4. The van der Waals surface area contributed by atoms with Crippen LogP contribution in [-0.2, 0) is 57.3 Å². The Morgan fingerprint density at radius 3 is 0.712 bits per heavy atom. The number of allylic oxidation sites excluding steroid dienone is 12. The van der Waals surface area contributed by atoms with E-state index in [-0.39, 0.29) is 220 Å². The summed E-state index contributed by atoms with van der Waals surface area (Å²) >= 11 is 0. The van der Waals surface area contributed by atoms with E-state index in [1.54, 1.807) is 27.7 Å². The molecule has 0 bridgehead atoms. The molecule has 16 aliphatic rings. The summed E-state index contributed by atoms with van der Waals surface area (Å²) in [6.07, 6.45) is 25.3. The van der Waals surface area contributed by atoms with Gasteiger partial charge in [-0.1, -0.05) is 157 Å². The molecule has 14 N–H and O–H groups in total. The Kier molecular flexibility index (Phi) is 34.0. The maximum absolute atomic E-state index is 13.1. The van der Waals surface area contributed by atoms with Crippen LogP contribution in [0, 0.1) is 160 Å². The molecule has 0 radical (unpaired) electrons. The van der Waals surface area contributed by atoms with Gasteiger partial charge >= 0.3 is 23.9 Å². The molecule has 42 atom stereocenters. The van der Waals surface area contributed by atoms with E-state index in [9.17, 15) is 69.0 Å². The number of carbonyl (C=O) groups is 8. The summed E-state index contributed by atoms with van der Waals surface area (Å²) in [6.45, 7) is 65.6. The summed E-state index contributed by atoms with van der Waals surface area (Å²) in [5.41, 5.74) is 38.0. The zero-order chi connectivity index (χ0) is 109. The van der Waals surface area contributed by atoms with Gasteiger partial charge in [0.25, 0.3) is 0 Å². The van der Waals surface area contributed by atoms with Crippen molar-refractivity contribution in [1.82, 2.24) is 0 Å². The molecule has 0 heterocycles. The van der Waals surface area contributed by atoms with Crippen LogP contribution in [0.2, 0.25) is 0 Å². The first-order valence-corrected chi connectivity index (χ1v) is 56.8.